The van der Waals surface area contributed by atoms with Gasteiger partial charge in [0.1, 0.15) is 5.75 Å². The second-order valence-electron chi connectivity index (χ2n) is 5.44. The van der Waals surface area contributed by atoms with Crippen LogP contribution in [0.15, 0.2) is 36.4 Å². The summed E-state index contributed by atoms with van der Waals surface area (Å²) in [5, 5.41) is 0. The monoisotopic (exact) mass is 296 g/mol. The molecule has 0 radical (unpaired) electrons. The Kier molecular flexibility index (Phi) is 6.18. The molecule has 116 valence electrons. The fraction of sp³-hybridized carbons (Fsp3) is 0.529. The van der Waals surface area contributed by atoms with E-state index in [0.717, 1.165) is 12.8 Å². The average Bonchev–Trinajstić information content (AvgIpc) is 2.49. The largest absolute Gasteiger partial charge is 0.435 e. The highest BCUT2D eigenvalue weighted by Gasteiger charge is 2.20. The Labute approximate surface area is 124 Å². The molecule has 0 aromatic heterocycles. The van der Waals surface area contributed by atoms with Gasteiger partial charge in [-0.1, -0.05) is 24.3 Å². The van der Waals surface area contributed by atoms with Gasteiger partial charge in [0.15, 0.2) is 0 Å². The van der Waals surface area contributed by atoms with Gasteiger partial charge in [-0.25, -0.2) is 0 Å². The van der Waals surface area contributed by atoms with Crippen LogP contribution in [0.2, 0.25) is 0 Å². The Bertz CT molecular complexity index is 435. The third kappa shape index (κ3) is 5.12. The molecule has 0 heterocycles. The molecule has 1 saturated carbocycles. The molecule has 1 aliphatic rings. The smallest absolute Gasteiger partial charge is 0.387 e. The molecule has 0 unspecified atom stereocenters. The van der Waals surface area contributed by atoms with Crippen LogP contribution in [0.5, 0.6) is 5.75 Å². The van der Waals surface area contributed by atoms with E-state index in [-0.39, 0.29) is 5.75 Å². The molecule has 21 heavy (non-hydrogen) atoms. The van der Waals surface area contributed by atoms with Crippen LogP contribution in [0.4, 0.5) is 8.78 Å². The van der Waals surface area contributed by atoms with Gasteiger partial charge in [-0.3, -0.25) is 0 Å². The van der Waals surface area contributed by atoms with Crippen molar-refractivity contribution in [2.24, 2.45) is 5.92 Å². The van der Waals surface area contributed by atoms with E-state index >= 15 is 0 Å². The first kappa shape index (κ1) is 16.0. The van der Waals surface area contributed by atoms with Gasteiger partial charge < -0.3 is 9.47 Å². The summed E-state index contributed by atoms with van der Waals surface area (Å²) in [6.07, 6.45) is 8.94. The van der Waals surface area contributed by atoms with Gasteiger partial charge in [0.25, 0.3) is 0 Å². The topological polar surface area (TPSA) is 18.5 Å². The molecule has 1 aliphatic carbocycles. The average molecular weight is 296 g/mol. The van der Waals surface area contributed by atoms with Crippen LogP contribution in [0.3, 0.4) is 0 Å². The van der Waals surface area contributed by atoms with E-state index < -0.39 is 6.61 Å². The van der Waals surface area contributed by atoms with Crippen LogP contribution in [0.25, 0.3) is 0 Å². The molecule has 0 N–H and O–H groups in total. The number of halogens is 2. The molecule has 2 nitrogen and oxygen atoms in total. The molecular weight excluding hydrogens is 274 g/mol. The Balaban J connectivity index is 1.84. The first-order valence-electron chi connectivity index (χ1n) is 7.39. The van der Waals surface area contributed by atoms with Crippen LogP contribution in [0, 0.1) is 5.92 Å². The van der Waals surface area contributed by atoms with Crippen molar-refractivity contribution in [3.05, 3.63) is 42.0 Å². The number of methoxy groups -OCH3 is 1. The maximum Gasteiger partial charge on any atom is 0.387 e. The molecule has 0 spiro atoms. The lowest BCUT2D eigenvalue weighted by atomic mass is 9.78. The number of ether oxygens (including phenoxy) is 2. The van der Waals surface area contributed by atoms with E-state index in [1.807, 2.05) is 12.1 Å². The lowest BCUT2D eigenvalue weighted by molar-refractivity contribution is -0.0498. The summed E-state index contributed by atoms with van der Waals surface area (Å²) in [4.78, 5) is 0. The second kappa shape index (κ2) is 8.13. The fourth-order valence-corrected chi connectivity index (χ4v) is 2.91. The van der Waals surface area contributed by atoms with Gasteiger partial charge in [-0.2, -0.15) is 8.78 Å². The highest BCUT2D eigenvalue weighted by Crippen LogP contribution is 2.36. The third-order valence-corrected chi connectivity index (χ3v) is 4.02. The quantitative estimate of drug-likeness (QED) is 0.704. The van der Waals surface area contributed by atoms with Crippen molar-refractivity contribution in [3.8, 4) is 5.75 Å². The third-order valence-electron chi connectivity index (χ3n) is 4.02. The summed E-state index contributed by atoms with van der Waals surface area (Å²) in [5.74, 6) is 1.39. The zero-order chi connectivity index (χ0) is 15.1. The number of alkyl halides is 2. The van der Waals surface area contributed by atoms with Crippen molar-refractivity contribution in [2.75, 3.05) is 13.7 Å². The highest BCUT2D eigenvalue weighted by molar-refractivity contribution is 5.29. The van der Waals surface area contributed by atoms with Gasteiger partial charge >= 0.3 is 6.61 Å². The first-order valence-corrected chi connectivity index (χ1v) is 7.39. The van der Waals surface area contributed by atoms with E-state index in [1.165, 1.54) is 18.4 Å². The van der Waals surface area contributed by atoms with Crippen LogP contribution < -0.4 is 4.74 Å². The number of rotatable bonds is 6. The first-order chi connectivity index (χ1) is 10.2. The van der Waals surface area contributed by atoms with Crippen LogP contribution in [-0.2, 0) is 4.74 Å². The van der Waals surface area contributed by atoms with Gasteiger partial charge in [-0.15, -0.1) is 0 Å². The molecule has 1 aromatic rings. The Morgan fingerprint density at radius 1 is 1.14 bits per heavy atom. The summed E-state index contributed by atoms with van der Waals surface area (Å²) in [6.45, 7) is -2.09. The molecule has 0 bridgehead atoms. The summed E-state index contributed by atoms with van der Waals surface area (Å²) < 4.78 is 33.6. The lowest BCUT2D eigenvalue weighted by Crippen LogP contribution is -2.12. The summed E-state index contributed by atoms with van der Waals surface area (Å²) in [6, 6.07) is 7.07. The van der Waals surface area contributed by atoms with Gasteiger partial charge in [0.2, 0.25) is 0 Å². The maximum absolute atomic E-state index is 12.1. The predicted octanol–water partition coefficient (Wildman–Crippen LogP) is 4.76. The number of hydrogen-bond donors (Lipinski definition) is 0. The SMILES string of the molecule is COCC=CC1CCC(c2ccc(OC(F)F)cc2)CC1. The minimum atomic E-state index is -2.76. The van der Waals surface area contributed by atoms with Crippen molar-refractivity contribution >= 4 is 0 Å². The van der Waals surface area contributed by atoms with Crippen molar-refractivity contribution in [2.45, 2.75) is 38.2 Å². The Morgan fingerprint density at radius 2 is 1.81 bits per heavy atom. The van der Waals surface area contributed by atoms with Crippen LogP contribution >= 0.6 is 0 Å². The van der Waals surface area contributed by atoms with Crippen LogP contribution in [-0.4, -0.2) is 20.3 Å². The molecule has 4 heteroatoms. The molecular formula is C17H22F2O2. The zero-order valence-electron chi connectivity index (χ0n) is 12.3. The van der Waals surface area contributed by atoms with Crippen molar-refractivity contribution < 1.29 is 18.3 Å². The summed E-state index contributed by atoms with van der Waals surface area (Å²) >= 11 is 0. The molecule has 1 fully saturated rings. The summed E-state index contributed by atoms with van der Waals surface area (Å²) in [5.41, 5.74) is 1.22. The minimum absolute atomic E-state index is 0.227. The van der Waals surface area contributed by atoms with E-state index in [2.05, 4.69) is 16.9 Å². The molecule has 1 aromatic carbocycles. The zero-order valence-corrected chi connectivity index (χ0v) is 12.3. The Morgan fingerprint density at radius 3 is 2.38 bits per heavy atom. The number of benzene rings is 1. The Hall–Kier alpha value is -1.42. The van der Waals surface area contributed by atoms with Gasteiger partial charge in [0, 0.05) is 7.11 Å². The molecule has 2 rings (SSSR count). The van der Waals surface area contributed by atoms with E-state index in [1.54, 1.807) is 19.2 Å². The molecule has 0 aliphatic heterocycles. The second-order valence-corrected chi connectivity index (χ2v) is 5.44. The summed E-state index contributed by atoms with van der Waals surface area (Å²) in [7, 11) is 1.70. The standard InChI is InChI=1S/C17H22F2O2/c1-20-12-2-3-13-4-6-14(7-5-13)15-8-10-16(11-9-15)21-17(18)19/h2-3,8-11,13-14,17H,4-7,12H2,1H3. The van der Waals surface area contributed by atoms with Crippen molar-refractivity contribution in [1.82, 2.24) is 0 Å². The van der Waals surface area contributed by atoms with Crippen LogP contribution in [0.1, 0.15) is 37.2 Å². The van der Waals surface area contributed by atoms with Gasteiger partial charge in [-0.05, 0) is 55.2 Å². The molecule has 0 saturated heterocycles. The normalized spacial score (nSPS) is 22.9. The van der Waals surface area contributed by atoms with E-state index in [4.69, 9.17) is 4.74 Å². The van der Waals surface area contributed by atoms with E-state index in [0.29, 0.717) is 18.4 Å². The molecule has 0 amide bonds. The van der Waals surface area contributed by atoms with Crippen molar-refractivity contribution in [1.29, 1.82) is 0 Å². The maximum atomic E-state index is 12.1. The molecule has 0 atom stereocenters. The number of allylic oxidation sites excluding steroid dienone is 1. The highest BCUT2D eigenvalue weighted by atomic mass is 19.3. The lowest BCUT2D eigenvalue weighted by Gasteiger charge is -2.27. The minimum Gasteiger partial charge on any atom is -0.435 e. The van der Waals surface area contributed by atoms with Gasteiger partial charge in [0.05, 0.1) is 6.61 Å². The number of hydrogen-bond acceptors (Lipinski definition) is 2. The fourth-order valence-electron chi connectivity index (χ4n) is 2.91. The van der Waals surface area contributed by atoms with Crippen molar-refractivity contribution in [3.63, 3.8) is 0 Å². The predicted molar refractivity (Wildman–Crippen MR) is 78.8 cm³/mol. The van der Waals surface area contributed by atoms with E-state index in [9.17, 15) is 8.78 Å².